The summed E-state index contributed by atoms with van der Waals surface area (Å²) in [6.07, 6.45) is -0.372. The first-order valence-electron chi connectivity index (χ1n) is 9.69. The van der Waals surface area contributed by atoms with Crippen molar-refractivity contribution < 1.29 is 19.1 Å². The number of carbonyl (C=O) groups is 2. The molecule has 2 aromatic rings. The zero-order chi connectivity index (χ0) is 20.7. The molecule has 2 aromatic carbocycles. The summed E-state index contributed by atoms with van der Waals surface area (Å²) in [5, 5.41) is 0. The van der Waals surface area contributed by atoms with Crippen LogP contribution in [0.5, 0.6) is 0 Å². The van der Waals surface area contributed by atoms with E-state index in [0.29, 0.717) is 0 Å². The lowest BCUT2D eigenvalue weighted by atomic mass is 9.87. The van der Waals surface area contributed by atoms with Gasteiger partial charge >= 0.3 is 11.9 Å². The van der Waals surface area contributed by atoms with E-state index >= 15 is 0 Å². The van der Waals surface area contributed by atoms with Crippen molar-refractivity contribution in [2.24, 2.45) is 5.92 Å². The van der Waals surface area contributed by atoms with Crippen molar-refractivity contribution in [2.75, 3.05) is 0 Å². The number of carbonyl (C=O) groups excluding carboxylic acids is 2. The predicted molar refractivity (Wildman–Crippen MR) is 110 cm³/mol. The average molecular weight is 382 g/mol. The molecule has 0 aliphatic carbocycles. The summed E-state index contributed by atoms with van der Waals surface area (Å²) in [6, 6.07) is 20.0. The molecule has 0 radical (unpaired) electrons. The van der Waals surface area contributed by atoms with Gasteiger partial charge in [-0.25, -0.2) is 0 Å². The second-order valence-electron chi connectivity index (χ2n) is 8.13. The first-order chi connectivity index (χ1) is 13.2. The van der Waals surface area contributed by atoms with E-state index in [1.165, 1.54) is 0 Å². The molecule has 2 rings (SSSR count). The van der Waals surface area contributed by atoms with Crippen LogP contribution in [0.2, 0.25) is 0 Å². The van der Waals surface area contributed by atoms with Crippen LogP contribution >= 0.6 is 0 Å². The second-order valence-corrected chi connectivity index (χ2v) is 8.13. The Hall–Kier alpha value is -2.62. The van der Waals surface area contributed by atoms with Crippen LogP contribution in [-0.2, 0) is 19.1 Å². The van der Waals surface area contributed by atoms with Crippen LogP contribution in [0.25, 0.3) is 0 Å². The summed E-state index contributed by atoms with van der Waals surface area (Å²) in [4.78, 5) is 24.6. The highest BCUT2D eigenvalue weighted by Crippen LogP contribution is 2.30. The van der Waals surface area contributed by atoms with Gasteiger partial charge in [-0.3, -0.25) is 9.59 Å². The Morgan fingerprint density at radius 1 is 0.857 bits per heavy atom. The van der Waals surface area contributed by atoms with E-state index in [0.717, 1.165) is 11.1 Å². The van der Waals surface area contributed by atoms with Gasteiger partial charge in [0, 0.05) is 5.92 Å². The molecule has 0 bridgehead atoms. The topological polar surface area (TPSA) is 52.6 Å². The normalized spacial score (nSPS) is 13.6. The van der Waals surface area contributed by atoms with Gasteiger partial charge in [0.05, 0.1) is 12.3 Å². The van der Waals surface area contributed by atoms with Crippen molar-refractivity contribution in [3.05, 3.63) is 71.8 Å². The molecule has 1 unspecified atom stereocenters. The molecular formula is C24H30O4. The highest BCUT2D eigenvalue weighted by molar-refractivity contribution is 5.80. The van der Waals surface area contributed by atoms with E-state index in [-0.39, 0.29) is 18.4 Å². The molecule has 4 heteroatoms. The monoisotopic (exact) mass is 382 g/mol. The Bertz CT molecular complexity index is 723. The Morgan fingerprint density at radius 3 is 1.75 bits per heavy atom. The van der Waals surface area contributed by atoms with Crippen LogP contribution in [0, 0.1) is 5.92 Å². The Morgan fingerprint density at radius 2 is 1.32 bits per heavy atom. The molecule has 0 fully saturated rings. The summed E-state index contributed by atoms with van der Waals surface area (Å²) < 4.78 is 11.1. The number of benzene rings is 2. The number of hydrogen-bond acceptors (Lipinski definition) is 4. The van der Waals surface area contributed by atoms with E-state index in [1.54, 1.807) is 27.7 Å². The van der Waals surface area contributed by atoms with Crippen LogP contribution in [0.15, 0.2) is 60.7 Å². The van der Waals surface area contributed by atoms with Crippen molar-refractivity contribution in [1.82, 2.24) is 0 Å². The molecular weight excluding hydrogens is 352 g/mol. The Kier molecular flexibility index (Phi) is 7.38. The lowest BCUT2D eigenvalue weighted by molar-refractivity contribution is -0.163. The minimum atomic E-state index is -0.570. The molecule has 0 spiro atoms. The van der Waals surface area contributed by atoms with Crippen molar-refractivity contribution >= 4 is 11.9 Å². The molecule has 0 saturated heterocycles. The average Bonchev–Trinajstić information content (AvgIpc) is 2.62. The van der Waals surface area contributed by atoms with Crippen molar-refractivity contribution in [3.63, 3.8) is 0 Å². The van der Waals surface area contributed by atoms with Gasteiger partial charge in [-0.1, -0.05) is 67.6 Å². The lowest BCUT2D eigenvalue weighted by Crippen LogP contribution is -2.30. The largest absolute Gasteiger partial charge is 0.461 e. The van der Waals surface area contributed by atoms with Gasteiger partial charge in [0.25, 0.3) is 0 Å². The van der Waals surface area contributed by atoms with Gasteiger partial charge in [0.1, 0.15) is 11.7 Å². The van der Waals surface area contributed by atoms with Gasteiger partial charge in [-0.15, -0.1) is 0 Å². The molecule has 0 N–H and O–H groups in total. The molecule has 0 amide bonds. The molecule has 0 aliphatic heterocycles. The van der Waals surface area contributed by atoms with Crippen LogP contribution in [-0.4, -0.2) is 23.6 Å². The highest BCUT2D eigenvalue weighted by atomic mass is 16.6. The maximum atomic E-state index is 12.6. The summed E-state index contributed by atoms with van der Waals surface area (Å²) >= 11 is 0. The zero-order valence-corrected chi connectivity index (χ0v) is 17.3. The third kappa shape index (κ3) is 6.52. The lowest BCUT2D eigenvalue weighted by Gasteiger charge is -2.26. The Balaban J connectivity index is 2.09. The third-order valence-corrected chi connectivity index (χ3v) is 4.38. The Labute approximate surface area is 167 Å². The summed E-state index contributed by atoms with van der Waals surface area (Å²) in [5.41, 5.74) is 1.59. The maximum absolute atomic E-state index is 12.6. The van der Waals surface area contributed by atoms with Gasteiger partial charge in [0.2, 0.25) is 0 Å². The fraction of sp³-hybridized carbons (Fsp3) is 0.417. The number of hydrogen-bond donors (Lipinski definition) is 0. The highest BCUT2D eigenvalue weighted by Gasteiger charge is 2.28. The third-order valence-electron chi connectivity index (χ3n) is 4.38. The second kappa shape index (κ2) is 9.54. The van der Waals surface area contributed by atoms with Gasteiger partial charge in [-0.2, -0.15) is 0 Å². The fourth-order valence-electron chi connectivity index (χ4n) is 3.14. The molecule has 0 aliphatic rings. The number of esters is 2. The molecule has 4 nitrogen and oxygen atoms in total. The molecule has 150 valence electrons. The van der Waals surface area contributed by atoms with Crippen LogP contribution in [0.4, 0.5) is 0 Å². The molecule has 28 heavy (non-hydrogen) atoms. The van der Waals surface area contributed by atoms with Gasteiger partial charge in [0.15, 0.2) is 0 Å². The maximum Gasteiger partial charge on any atom is 0.309 e. The quantitative estimate of drug-likeness (QED) is 0.624. The van der Waals surface area contributed by atoms with E-state index in [1.807, 2.05) is 67.6 Å². The molecule has 0 saturated carbocycles. The van der Waals surface area contributed by atoms with Crippen LogP contribution in [0.1, 0.15) is 58.1 Å². The zero-order valence-electron chi connectivity index (χ0n) is 17.3. The molecule has 0 heterocycles. The smallest absolute Gasteiger partial charge is 0.309 e. The number of ether oxygens (including phenoxy) is 2. The van der Waals surface area contributed by atoms with Crippen molar-refractivity contribution in [3.8, 4) is 0 Å². The first kappa shape index (κ1) is 21.7. The fourth-order valence-corrected chi connectivity index (χ4v) is 3.14. The van der Waals surface area contributed by atoms with E-state index in [4.69, 9.17) is 9.47 Å². The predicted octanol–water partition coefficient (Wildman–Crippen LogP) is 5.12. The van der Waals surface area contributed by atoms with Crippen molar-refractivity contribution in [2.45, 2.75) is 58.7 Å². The van der Waals surface area contributed by atoms with Gasteiger partial charge < -0.3 is 9.47 Å². The first-order valence-corrected chi connectivity index (χ1v) is 9.69. The SMILES string of the molecule is CC(OC(=O)[C@H](C)CC(=O)OC(C)(C)C)C(c1ccccc1)c1ccccc1. The van der Waals surface area contributed by atoms with Gasteiger partial charge in [-0.05, 0) is 38.8 Å². The van der Waals surface area contributed by atoms with E-state index < -0.39 is 23.5 Å². The van der Waals surface area contributed by atoms with E-state index in [9.17, 15) is 9.59 Å². The standard InChI is InChI=1S/C24H30O4/c1-17(16-21(25)28-24(3,4)5)23(26)27-18(2)22(19-12-8-6-9-13-19)20-14-10-7-11-15-20/h6-15,17-18,22H,16H2,1-5H3/t17-,18?/m1/s1. The minimum Gasteiger partial charge on any atom is -0.461 e. The van der Waals surface area contributed by atoms with Crippen LogP contribution < -0.4 is 0 Å². The van der Waals surface area contributed by atoms with Crippen molar-refractivity contribution in [1.29, 1.82) is 0 Å². The number of rotatable bonds is 7. The minimum absolute atomic E-state index is 0.00413. The molecule has 0 aromatic heterocycles. The molecule has 2 atom stereocenters. The van der Waals surface area contributed by atoms with Crippen LogP contribution in [0.3, 0.4) is 0 Å². The van der Waals surface area contributed by atoms with E-state index in [2.05, 4.69) is 0 Å². The summed E-state index contributed by atoms with van der Waals surface area (Å²) in [7, 11) is 0. The summed E-state index contributed by atoms with van der Waals surface area (Å²) in [5.74, 6) is -1.44. The summed E-state index contributed by atoms with van der Waals surface area (Å²) in [6.45, 7) is 9.00.